The second-order valence-electron chi connectivity index (χ2n) is 7.50. The van der Waals surface area contributed by atoms with Gasteiger partial charge < -0.3 is 20.4 Å². The first-order valence-corrected chi connectivity index (χ1v) is 13.1. The number of hydrogen-bond donors (Lipinski definition) is 3. The monoisotopic (exact) mass is 590 g/mol. The Kier molecular flexibility index (Phi) is 8.55. The standard InChI is InChI=1S/C24H24Br2N4O2S/c25-18-11-17(23(19(26)12-18)32-9-4-16-3-1-6-27-14-16)15-28-7-2-8-29-22-13-21(31)24-20(30-22)5-10-33-24/h1,3,5-6,10-14,28H,2,4,7-9,15H2,(H2,29,30,31). The van der Waals surface area contributed by atoms with Crippen LogP contribution in [0.1, 0.15) is 17.5 Å². The Hall–Kier alpha value is -2.20. The maximum Gasteiger partial charge on any atom is 0.201 e. The molecule has 0 fully saturated rings. The van der Waals surface area contributed by atoms with Crippen LogP contribution in [0.2, 0.25) is 0 Å². The van der Waals surface area contributed by atoms with Crippen LogP contribution >= 0.6 is 43.2 Å². The van der Waals surface area contributed by atoms with Gasteiger partial charge in [0.05, 0.1) is 21.3 Å². The molecule has 6 nitrogen and oxygen atoms in total. The molecule has 33 heavy (non-hydrogen) atoms. The zero-order valence-electron chi connectivity index (χ0n) is 17.9. The van der Waals surface area contributed by atoms with E-state index in [0.717, 1.165) is 67.8 Å². The van der Waals surface area contributed by atoms with E-state index >= 15 is 0 Å². The number of pyridine rings is 2. The lowest BCUT2D eigenvalue weighted by Gasteiger charge is -2.15. The Morgan fingerprint density at radius 2 is 2.06 bits per heavy atom. The van der Waals surface area contributed by atoms with Gasteiger partial charge in [0.25, 0.3) is 0 Å². The normalized spacial score (nSPS) is 11.1. The summed E-state index contributed by atoms with van der Waals surface area (Å²) in [6.45, 7) is 2.86. The molecule has 3 N–H and O–H groups in total. The van der Waals surface area contributed by atoms with Gasteiger partial charge in [-0.2, -0.15) is 0 Å². The summed E-state index contributed by atoms with van der Waals surface area (Å²) in [5.74, 6) is 1.61. The number of thiophene rings is 1. The van der Waals surface area contributed by atoms with Gasteiger partial charge in [-0.1, -0.05) is 22.0 Å². The van der Waals surface area contributed by atoms with Crippen LogP contribution in [-0.4, -0.2) is 29.7 Å². The van der Waals surface area contributed by atoms with Crippen molar-refractivity contribution in [2.24, 2.45) is 0 Å². The minimum Gasteiger partial charge on any atom is -0.492 e. The highest BCUT2D eigenvalue weighted by molar-refractivity contribution is 9.11. The molecule has 0 aliphatic carbocycles. The smallest absolute Gasteiger partial charge is 0.201 e. The van der Waals surface area contributed by atoms with Crippen molar-refractivity contribution in [1.29, 1.82) is 0 Å². The Morgan fingerprint density at radius 1 is 1.15 bits per heavy atom. The van der Waals surface area contributed by atoms with E-state index < -0.39 is 0 Å². The van der Waals surface area contributed by atoms with Gasteiger partial charge in [0.15, 0.2) is 0 Å². The number of benzene rings is 1. The predicted molar refractivity (Wildman–Crippen MR) is 143 cm³/mol. The Balaban J connectivity index is 1.25. The van der Waals surface area contributed by atoms with Crippen LogP contribution in [0.15, 0.2) is 67.9 Å². The number of nitrogens with one attached hydrogen (secondary N) is 3. The van der Waals surface area contributed by atoms with Crippen LogP contribution in [0.25, 0.3) is 10.2 Å². The summed E-state index contributed by atoms with van der Waals surface area (Å²) in [7, 11) is 0. The van der Waals surface area contributed by atoms with Crippen molar-refractivity contribution in [3.05, 3.63) is 84.5 Å². The second kappa shape index (κ2) is 11.8. The topological polar surface area (TPSA) is 79.0 Å². The Bertz CT molecular complexity index is 1260. The van der Waals surface area contributed by atoms with Crippen LogP contribution in [0, 0.1) is 0 Å². The van der Waals surface area contributed by atoms with Crippen molar-refractivity contribution in [3.8, 4) is 5.75 Å². The number of halogens is 2. The number of aromatic nitrogens is 2. The van der Waals surface area contributed by atoms with E-state index in [0.29, 0.717) is 13.2 Å². The summed E-state index contributed by atoms with van der Waals surface area (Å²) in [4.78, 5) is 19.5. The third kappa shape index (κ3) is 6.66. The van der Waals surface area contributed by atoms with E-state index in [9.17, 15) is 4.79 Å². The highest BCUT2D eigenvalue weighted by Crippen LogP contribution is 2.33. The molecule has 4 aromatic rings. The lowest BCUT2D eigenvalue weighted by molar-refractivity contribution is 0.315. The van der Waals surface area contributed by atoms with E-state index in [1.807, 2.05) is 29.8 Å². The molecule has 1 aromatic carbocycles. The number of hydrogen-bond acceptors (Lipinski definition) is 6. The summed E-state index contributed by atoms with van der Waals surface area (Å²) >= 11 is 8.66. The molecule has 0 bridgehead atoms. The molecule has 0 radical (unpaired) electrons. The summed E-state index contributed by atoms with van der Waals surface area (Å²) in [5, 5.41) is 8.71. The molecule has 0 saturated heterocycles. The molecule has 172 valence electrons. The number of nitrogens with zero attached hydrogens (tertiary/aromatic N) is 1. The van der Waals surface area contributed by atoms with Crippen molar-refractivity contribution in [2.45, 2.75) is 19.4 Å². The SMILES string of the molecule is O=c1cc(NCCCNCc2cc(Br)cc(Br)c2OCCc2cccnc2)[nH]c2ccsc12. The third-order valence-electron chi connectivity index (χ3n) is 5.04. The molecule has 0 aliphatic heterocycles. The molecular weight excluding hydrogens is 568 g/mol. The van der Waals surface area contributed by atoms with Crippen molar-refractivity contribution in [1.82, 2.24) is 15.3 Å². The summed E-state index contributed by atoms with van der Waals surface area (Å²) in [5.41, 5.74) is 3.17. The molecule has 4 rings (SSSR count). The highest BCUT2D eigenvalue weighted by atomic mass is 79.9. The van der Waals surface area contributed by atoms with Gasteiger partial charge in [-0.05, 0) is 64.1 Å². The van der Waals surface area contributed by atoms with E-state index in [1.165, 1.54) is 11.3 Å². The predicted octanol–water partition coefficient (Wildman–Crippen LogP) is 5.72. The van der Waals surface area contributed by atoms with Crippen molar-refractivity contribution < 1.29 is 4.74 Å². The Morgan fingerprint density at radius 3 is 2.91 bits per heavy atom. The second-order valence-corrected chi connectivity index (χ2v) is 10.2. The quantitative estimate of drug-likeness (QED) is 0.194. The maximum absolute atomic E-state index is 12.1. The third-order valence-corrected chi connectivity index (χ3v) is 7.02. The number of rotatable bonds is 11. The average Bonchev–Trinajstić information content (AvgIpc) is 3.28. The zero-order valence-corrected chi connectivity index (χ0v) is 21.9. The minimum absolute atomic E-state index is 0.0515. The Labute approximate surface area is 213 Å². The van der Waals surface area contributed by atoms with Crippen LogP contribution in [0.5, 0.6) is 5.75 Å². The fourth-order valence-corrected chi connectivity index (χ4v) is 5.64. The van der Waals surface area contributed by atoms with Gasteiger partial charge in [0, 0.05) is 48.0 Å². The summed E-state index contributed by atoms with van der Waals surface area (Å²) < 4.78 is 8.81. The van der Waals surface area contributed by atoms with E-state index in [1.54, 1.807) is 12.3 Å². The lowest BCUT2D eigenvalue weighted by Crippen LogP contribution is -2.19. The zero-order chi connectivity index (χ0) is 23.0. The largest absolute Gasteiger partial charge is 0.492 e. The number of aromatic amines is 1. The van der Waals surface area contributed by atoms with Crippen LogP contribution < -0.4 is 20.8 Å². The first kappa shape index (κ1) is 23.9. The van der Waals surface area contributed by atoms with Gasteiger partial charge in [-0.15, -0.1) is 11.3 Å². The molecule has 0 spiro atoms. The molecule has 3 aromatic heterocycles. The molecule has 0 amide bonds. The molecule has 3 heterocycles. The summed E-state index contributed by atoms with van der Waals surface area (Å²) in [6, 6.07) is 11.6. The number of fused-ring (bicyclic) bond motifs is 1. The number of anilines is 1. The van der Waals surface area contributed by atoms with E-state index in [-0.39, 0.29) is 5.43 Å². The molecule has 0 aliphatic rings. The number of ether oxygens (including phenoxy) is 1. The van der Waals surface area contributed by atoms with Crippen molar-refractivity contribution in [3.63, 3.8) is 0 Å². The van der Waals surface area contributed by atoms with E-state index in [2.05, 4.69) is 64.6 Å². The van der Waals surface area contributed by atoms with Gasteiger partial charge in [0.1, 0.15) is 11.6 Å². The molecular formula is C24H24Br2N4O2S. The van der Waals surface area contributed by atoms with Gasteiger partial charge >= 0.3 is 0 Å². The van der Waals surface area contributed by atoms with Crippen molar-refractivity contribution in [2.75, 3.05) is 25.0 Å². The number of H-pyrrole nitrogens is 1. The van der Waals surface area contributed by atoms with Gasteiger partial charge in [0.2, 0.25) is 5.43 Å². The molecule has 0 saturated carbocycles. The van der Waals surface area contributed by atoms with Crippen LogP contribution in [0.3, 0.4) is 0 Å². The maximum atomic E-state index is 12.1. The highest BCUT2D eigenvalue weighted by Gasteiger charge is 2.11. The average molecular weight is 592 g/mol. The minimum atomic E-state index is 0.0515. The van der Waals surface area contributed by atoms with Crippen LogP contribution in [0.4, 0.5) is 5.82 Å². The first-order chi connectivity index (χ1) is 16.1. The van der Waals surface area contributed by atoms with Crippen molar-refractivity contribution >= 4 is 59.2 Å². The lowest BCUT2D eigenvalue weighted by atomic mass is 10.2. The molecule has 0 unspecified atom stereocenters. The fraction of sp³-hybridized carbons (Fsp3) is 0.250. The first-order valence-electron chi connectivity index (χ1n) is 10.6. The van der Waals surface area contributed by atoms with E-state index in [4.69, 9.17) is 4.74 Å². The fourth-order valence-electron chi connectivity index (χ4n) is 3.45. The molecule has 0 atom stereocenters. The van der Waals surface area contributed by atoms with Crippen LogP contribution in [-0.2, 0) is 13.0 Å². The van der Waals surface area contributed by atoms with Gasteiger partial charge in [-0.3, -0.25) is 9.78 Å². The molecule has 9 heteroatoms. The summed E-state index contributed by atoms with van der Waals surface area (Å²) in [6.07, 6.45) is 5.35. The van der Waals surface area contributed by atoms with Gasteiger partial charge in [-0.25, -0.2) is 0 Å².